The van der Waals surface area contributed by atoms with Gasteiger partial charge in [0.15, 0.2) is 5.82 Å². The van der Waals surface area contributed by atoms with Crippen LogP contribution >= 0.6 is 23.2 Å². The molecular weight excluding hydrogens is 285 g/mol. The number of nitrogens with zero attached hydrogens (tertiary/aromatic N) is 3. The zero-order chi connectivity index (χ0) is 13.8. The average Bonchev–Trinajstić information content (AvgIpc) is 2.72. The van der Waals surface area contributed by atoms with E-state index < -0.39 is 0 Å². The van der Waals surface area contributed by atoms with E-state index in [4.69, 9.17) is 23.2 Å². The van der Waals surface area contributed by atoms with E-state index in [-0.39, 0.29) is 0 Å². The number of rotatable bonds is 5. The van der Waals surface area contributed by atoms with Gasteiger partial charge in [-0.15, -0.1) is 10.2 Å². The van der Waals surface area contributed by atoms with Crippen LogP contribution in [0.3, 0.4) is 0 Å². The average molecular weight is 298 g/mol. The molecule has 4 nitrogen and oxygen atoms in total. The number of carbonyl (C=O) groups is 1. The minimum atomic E-state index is 0.532. The monoisotopic (exact) mass is 297 g/mol. The lowest BCUT2D eigenvalue weighted by atomic mass is 10.2. The second kappa shape index (κ2) is 6.17. The van der Waals surface area contributed by atoms with Crippen molar-refractivity contribution in [3.05, 3.63) is 34.1 Å². The zero-order valence-electron chi connectivity index (χ0n) is 10.4. The second-order valence-electron chi connectivity index (χ2n) is 4.18. The van der Waals surface area contributed by atoms with Crippen LogP contribution in [0.25, 0.3) is 11.4 Å². The maximum Gasteiger partial charge on any atom is 0.165 e. The minimum absolute atomic E-state index is 0.532. The molecule has 2 rings (SSSR count). The quantitative estimate of drug-likeness (QED) is 0.628. The van der Waals surface area contributed by atoms with Crippen LogP contribution in [0.2, 0.25) is 10.0 Å². The lowest BCUT2D eigenvalue weighted by molar-refractivity contribution is -0.107. The molecule has 0 bridgehead atoms. The fraction of sp³-hybridized carbons (Fsp3) is 0.308. The first kappa shape index (κ1) is 14.0. The topological polar surface area (TPSA) is 47.8 Å². The largest absolute Gasteiger partial charge is 0.314 e. The molecule has 1 aromatic heterocycles. The Morgan fingerprint density at radius 1 is 1.32 bits per heavy atom. The van der Waals surface area contributed by atoms with E-state index in [1.165, 1.54) is 0 Å². The molecule has 0 aliphatic rings. The van der Waals surface area contributed by atoms with Crippen molar-refractivity contribution in [1.29, 1.82) is 0 Å². The van der Waals surface area contributed by atoms with E-state index in [0.29, 0.717) is 28.7 Å². The summed E-state index contributed by atoms with van der Waals surface area (Å²) in [5.74, 6) is 1.53. The summed E-state index contributed by atoms with van der Waals surface area (Å²) >= 11 is 12.0. The Balaban J connectivity index is 2.28. The van der Waals surface area contributed by atoms with Gasteiger partial charge in [-0.3, -0.25) is 0 Å². The Kier molecular flexibility index (Phi) is 4.56. The van der Waals surface area contributed by atoms with Gasteiger partial charge in [-0.05, 0) is 24.6 Å². The summed E-state index contributed by atoms with van der Waals surface area (Å²) < 4.78 is 1.89. The SMILES string of the molecule is Cn1c(CCCC=O)nnc1-c1ccc(Cl)cc1Cl. The number of hydrogen-bond donors (Lipinski definition) is 0. The lowest BCUT2D eigenvalue weighted by Crippen LogP contribution is -2.00. The van der Waals surface area contributed by atoms with E-state index in [2.05, 4.69) is 10.2 Å². The summed E-state index contributed by atoms with van der Waals surface area (Å²) in [7, 11) is 1.89. The van der Waals surface area contributed by atoms with Crippen LogP contribution in [0.1, 0.15) is 18.7 Å². The normalized spacial score (nSPS) is 10.7. The summed E-state index contributed by atoms with van der Waals surface area (Å²) in [6, 6.07) is 5.27. The van der Waals surface area contributed by atoms with Crippen molar-refractivity contribution >= 4 is 29.5 Å². The Morgan fingerprint density at radius 2 is 2.11 bits per heavy atom. The number of hydrogen-bond acceptors (Lipinski definition) is 3. The second-order valence-corrected chi connectivity index (χ2v) is 5.03. The molecule has 1 aromatic carbocycles. The van der Waals surface area contributed by atoms with Gasteiger partial charge in [-0.25, -0.2) is 0 Å². The van der Waals surface area contributed by atoms with Crippen molar-refractivity contribution in [1.82, 2.24) is 14.8 Å². The molecule has 0 aliphatic heterocycles. The summed E-state index contributed by atoms with van der Waals surface area (Å²) in [6.07, 6.45) is 2.93. The van der Waals surface area contributed by atoms with Gasteiger partial charge in [0.05, 0.1) is 5.02 Å². The molecule has 0 radical (unpaired) electrons. The molecule has 0 aliphatic carbocycles. The molecule has 0 saturated carbocycles. The molecule has 2 aromatic rings. The van der Waals surface area contributed by atoms with Crippen molar-refractivity contribution in [3.63, 3.8) is 0 Å². The molecule has 0 spiro atoms. The molecule has 0 atom stereocenters. The number of aromatic nitrogens is 3. The molecular formula is C13H13Cl2N3O. The first-order valence-electron chi connectivity index (χ1n) is 5.91. The minimum Gasteiger partial charge on any atom is -0.314 e. The van der Waals surface area contributed by atoms with Crippen LogP contribution < -0.4 is 0 Å². The molecule has 0 N–H and O–H groups in total. The fourth-order valence-corrected chi connectivity index (χ4v) is 2.32. The van der Waals surface area contributed by atoms with E-state index in [1.54, 1.807) is 12.1 Å². The van der Waals surface area contributed by atoms with Crippen LogP contribution in [-0.2, 0) is 18.3 Å². The number of aryl methyl sites for hydroxylation is 1. The molecule has 100 valence electrons. The van der Waals surface area contributed by atoms with Crippen LogP contribution in [0.5, 0.6) is 0 Å². The number of benzene rings is 1. The fourth-order valence-electron chi connectivity index (χ4n) is 1.83. The van der Waals surface area contributed by atoms with E-state index in [1.807, 2.05) is 17.7 Å². The Bertz CT molecular complexity index is 596. The third kappa shape index (κ3) is 3.14. The highest BCUT2D eigenvalue weighted by molar-refractivity contribution is 6.36. The zero-order valence-corrected chi connectivity index (χ0v) is 11.9. The lowest BCUT2D eigenvalue weighted by Gasteiger charge is -2.05. The van der Waals surface area contributed by atoms with Gasteiger partial charge >= 0.3 is 0 Å². The van der Waals surface area contributed by atoms with Gasteiger partial charge in [-0.1, -0.05) is 23.2 Å². The van der Waals surface area contributed by atoms with Gasteiger partial charge in [0, 0.05) is 30.5 Å². The Morgan fingerprint density at radius 3 is 2.79 bits per heavy atom. The third-order valence-electron chi connectivity index (χ3n) is 2.86. The van der Waals surface area contributed by atoms with Crippen LogP contribution in [0.15, 0.2) is 18.2 Å². The van der Waals surface area contributed by atoms with Gasteiger partial charge in [-0.2, -0.15) is 0 Å². The highest BCUT2D eigenvalue weighted by Gasteiger charge is 2.13. The summed E-state index contributed by atoms with van der Waals surface area (Å²) in [6.45, 7) is 0. The first-order chi connectivity index (χ1) is 9.13. The predicted octanol–water partition coefficient (Wildman–Crippen LogP) is 3.31. The maximum atomic E-state index is 10.3. The summed E-state index contributed by atoms with van der Waals surface area (Å²) in [5.41, 5.74) is 0.794. The first-order valence-corrected chi connectivity index (χ1v) is 6.66. The van der Waals surface area contributed by atoms with Crippen molar-refractivity contribution in [2.24, 2.45) is 7.05 Å². The number of unbranched alkanes of at least 4 members (excludes halogenated alkanes) is 1. The maximum absolute atomic E-state index is 10.3. The summed E-state index contributed by atoms with van der Waals surface area (Å²) in [4.78, 5) is 10.3. The van der Waals surface area contributed by atoms with E-state index in [9.17, 15) is 4.79 Å². The smallest absolute Gasteiger partial charge is 0.165 e. The Labute approximate surface area is 121 Å². The molecule has 0 saturated heterocycles. The van der Waals surface area contributed by atoms with Crippen LogP contribution in [-0.4, -0.2) is 21.1 Å². The molecule has 0 fully saturated rings. The van der Waals surface area contributed by atoms with Gasteiger partial charge in [0.25, 0.3) is 0 Å². The van der Waals surface area contributed by atoms with Crippen LogP contribution in [0.4, 0.5) is 0 Å². The third-order valence-corrected chi connectivity index (χ3v) is 3.41. The highest BCUT2D eigenvalue weighted by Crippen LogP contribution is 2.29. The van der Waals surface area contributed by atoms with Gasteiger partial charge < -0.3 is 9.36 Å². The molecule has 19 heavy (non-hydrogen) atoms. The number of carbonyl (C=O) groups excluding carboxylic acids is 1. The van der Waals surface area contributed by atoms with Gasteiger partial charge in [0.1, 0.15) is 12.1 Å². The highest BCUT2D eigenvalue weighted by atomic mass is 35.5. The van der Waals surface area contributed by atoms with Crippen molar-refractivity contribution in [2.45, 2.75) is 19.3 Å². The molecule has 0 unspecified atom stereocenters. The predicted molar refractivity (Wildman–Crippen MR) is 75.5 cm³/mol. The van der Waals surface area contributed by atoms with Crippen LogP contribution in [0, 0.1) is 0 Å². The molecule has 0 amide bonds. The van der Waals surface area contributed by atoms with E-state index in [0.717, 1.165) is 24.1 Å². The molecule has 6 heteroatoms. The standard InChI is InChI=1S/C13H13Cl2N3O/c1-18-12(4-2-3-7-19)16-17-13(18)10-6-5-9(14)8-11(10)15/h5-8H,2-4H2,1H3. The van der Waals surface area contributed by atoms with Gasteiger partial charge in [0.2, 0.25) is 0 Å². The molecule has 1 heterocycles. The summed E-state index contributed by atoms with van der Waals surface area (Å²) in [5, 5.41) is 9.41. The van der Waals surface area contributed by atoms with Crippen molar-refractivity contribution < 1.29 is 4.79 Å². The Hall–Kier alpha value is -1.39. The number of aldehydes is 1. The van der Waals surface area contributed by atoms with Crippen molar-refractivity contribution in [2.75, 3.05) is 0 Å². The van der Waals surface area contributed by atoms with E-state index >= 15 is 0 Å². The number of halogens is 2. The van der Waals surface area contributed by atoms with Crippen molar-refractivity contribution in [3.8, 4) is 11.4 Å².